The van der Waals surface area contributed by atoms with Gasteiger partial charge in [-0.1, -0.05) is 23.8 Å². The number of amides is 1. The molecule has 116 valence electrons. The van der Waals surface area contributed by atoms with Gasteiger partial charge in [-0.2, -0.15) is 0 Å². The molecule has 1 fully saturated rings. The van der Waals surface area contributed by atoms with Crippen LogP contribution in [-0.4, -0.2) is 37.0 Å². The van der Waals surface area contributed by atoms with Gasteiger partial charge in [-0.3, -0.25) is 4.79 Å². The smallest absolute Gasteiger partial charge is 0.226 e. The fourth-order valence-corrected chi connectivity index (χ4v) is 3.23. The summed E-state index contributed by atoms with van der Waals surface area (Å²) in [6.45, 7) is 4.16. The molecule has 0 unspecified atom stereocenters. The Balaban J connectivity index is 1.95. The summed E-state index contributed by atoms with van der Waals surface area (Å²) in [6, 6.07) is 7.39. The van der Waals surface area contributed by atoms with Gasteiger partial charge < -0.3 is 10.2 Å². The monoisotopic (exact) mass is 288 g/mol. The van der Waals surface area contributed by atoms with Crippen molar-refractivity contribution in [2.75, 3.05) is 14.1 Å². The first kappa shape index (κ1) is 16.0. The molecule has 0 aromatic heterocycles. The molecule has 1 aliphatic rings. The van der Waals surface area contributed by atoms with Crippen LogP contribution in [0.5, 0.6) is 0 Å². The topological polar surface area (TPSA) is 32.3 Å². The summed E-state index contributed by atoms with van der Waals surface area (Å²) >= 11 is 0. The van der Waals surface area contributed by atoms with Gasteiger partial charge in [0, 0.05) is 19.1 Å². The van der Waals surface area contributed by atoms with Crippen molar-refractivity contribution >= 4 is 5.91 Å². The van der Waals surface area contributed by atoms with E-state index in [1.807, 2.05) is 19.0 Å². The SMILES string of the molecule is CNC1CCC(N(C)C(=O)Cc2cc(C)ccc2C)CC1. The molecule has 0 bridgehead atoms. The average Bonchev–Trinajstić information content (AvgIpc) is 2.50. The minimum absolute atomic E-state index is 0.247. The van der Waals surface area contributed by atoms with Crippen molar-refractivity contribution in [3.63, 3.8) is 0 Å². The lowest BCUT2D eigenvalue weighted by atomic mass is 9.90. The van der Waals surface area contributed by atoms with Gasteiger partial charge in [0.2, 0.25) is 5.91 Å². The van der Waals surface area contributed by atoms with Gasteiger partial charge in [0.25, 0.3) is 0 Å². The zero-order valence-electron chi connectivity index (χ0n) is 13.8. The first-order valence-corrected chi connectivity index (χ1v) is 8.00. The second-order valence-electron chi connectivity index (χ2n) is 6.41. The summed E-state index contributed by atoms with van der Waals surface area (Å²) in [4.78, 5) is 14.5. The van der Waals surface area contributed by atoms with Crippen molar-refractivity contribution in [2.24, 2.45) is 0 Å². The Morgan fingerprint density at radius 3 is 2.52 bits per heavy atom. The second kappa shape index (κ2) is 7.08. The maximum Gasteiger partial charge on any atom is 0.226 e. The molecule has 0 atom stereocenters. The lowest BCUT2D eigenvalue weighted by molar-refractivity contribution is -0.131. The summed E-state index contributed by atoms with van der Waals surface area (Å²) in [5.41, 5.74) is 3.59. The Labute approximate surface area is 128 Å². The molecular formula is C18H28N2O. The predicted molar refractivity (Wildman–Crippen MR) is 87.5 cm³/mol. The Hall–Kier alpha value is -1.35. The van der Waals surface area contributed by atoms with E-state index in [9.17, 15) is 4.79 Å². The predicted octanol–water partition coefficient (Wildman–Crippen LogP) is 2.83. The molecular weight excluding hydrogens is 260 g/mol. The third-order valence-corrected chi connectivity index (χ3v) is 4.89. The van der Waals surface area contributed by atoms with Gasteiger partial charge in [-0.25, -0.2) is 0 Å². The van der Waals surface area contributed by atoms with E-state index < -0.39 is 0 Å². The highest BCUT2D eigenvalue weighted by molar-refractivity contribution is 5.79. The normalized spacial score (nSPS) is 22.1. The number of likely N-dealkylation sites (N-methyl/N-ethyl adjacent to an activating group) is 1. The minimum atomic E-state index is 0.247. The molecule has 0 spiro atoms. The third kappa shape index (κ3) is 4.07. The number of nitrogens with one attached hydrogen (secondary N) is 1. The van der Waals surface area contributed by atoms with Crippen LogP contribution in [-0.2, 0) is 11.2 Å². The van der Waals surface area contributed by atoms with Gasteiger partial charge in [0.1, 0.15) is 0 Å². The number of rotatable bonds is 4. The van der Waals surface area contributed by atoms with Crippen LogP contribution in [0.1, 0.15) is 42.4 Å². The standard InChI is InChI=1S/C18H28N2O/c1-13-5-6-14(2)15(11-13)12-18(21)20(4)17-9-7-16(19-3)8-10-17/h5-6,11,16-17,19H,7-10,12H2,1-4H3. The molecule has 0 saturated heterocycles. The highest BCUT2D eigenvalue weighted by Crippen LogP contribution is 2.23. The zero-order chi connectivity index (χ0) is 15.4. The van der Waals surface area contributed by atoms with Crippen LogP contribution in [0.2, 0.25) is 0 Å². The molecule has 2 rings (SSSR count). The molecule has 1 saturated carbocycles. The molecule has 3 heteroatoms. The van der Waals surface area contributed by atoms with Crippen molar-refractivity contribution in [3.05, 3.63) is 34.9 Å². The van der Waals surface area contributed by atoms with E-state index >= 15 is 0 Å². The highest BCUT2D eigenvalue weighted by atomic mass is 16.2. The van der Waals surface area contributed by atoms with E-state index in [0.29, 0.717) is 18.5 Å². The number of carbonyl (C=O) groups is 1. The summed E-state index contributed by atoms with van der Waals surface area (Å²) < 4.78 is 0. The molecule has 3 nitrogen and oxygen atoms in total. The van der Waals surface area contributed by atoms with Crippen LogP contribution in [0.4, 0.5) is 0 Å². The molecule has 21 heavy (non-hydrogen) atoms. The Bertz CT molecular complexity index is 490. The largest absolute Gasteiger partial charge is 0.342 e. The van der Waals surface area contributed by atoms with Crippen LogP contribution in [0.15, 0.2) is 18.2 Å². The van der Waals surface area contributed by atoms with Gasteiger partial charge >= 0.3 is 0 Å². The van der Waals surface area contributed by atoms with Crippen LogP contribution >= 0.6 is 0 Å². The maximum absolute atomic E-state index is 12.5. The third-order valence-electron chi connectivity index (χ3n) is 4.89. The number of hydrogen-bond donors (Lipinski definition) is 1. The van der Waals surface area contributed by atoms with Crippen LogP contribution < -0.4 is 5.32 Å². The van der Waals surface area contributed by atoms with E-state index in [4.69, 9.17) is 0 Å². The first-order chi connectivity index (χ1) is 10.0. The van der Waals surface area contributed by atoms with Crippen LogP contribution in [0.3, 0.4) is 0 Å². The summed E-state index contributed by atoms with van der Waals surface area (Å²) in [5.74, 6) is 0.247. The minimum Gasteiger partial charge on any atom is -0.342 e. The Morgan fingerprint density at radius 1 is 1.24 bits per heavy atom. The summed E-state index contributed by atoms with van der Waals surface area (Å²) in [5, 5.41) is 3.34. The van der Waals surface area contributed by atoms with Crippen molar-refractivity contribution < 1.29 is 4.79 Å². The zero-order valence-corrected chi connectivity index (χ0v) is 13.8. The van der Waals surface area contributed by atoms with Crippen molar-refractivity contribution in [1.29, 1.82) is 0 Å². The Morgan fingerprint density at radius 2 is 1.90 bits per heavy atom. The number of carbonyl (C=O) groups excluding carboxylic acids is 1. The quantitative estimate of drug-likeness (QED) is 0.924. The molecule has 1 aliphatic carbocycles. The van der Waals surface area contributed by atoms with Gasteiger partial charge in [-0.05, 0) is 57.7 Å². The number of benzene rings is 1. The number of hydrogen-bond acceptors (Lipinski definition) is 2. The van der Waals surface area contributed by atoms with E-state index in [2.05, 4.69) is 37.4 Å². The molecule has 0 aliphatic heterocycles. The molecule has 1 N–H and O–H groups in total. The van der Waals surface area contributed by atoms with Gasteiger partial charge in [0.15, 0.2) is 0 Å². The number of aryl methyl sites for hydroxylation is 2. The molecule has 0 radical (unpaired) electrons. The summed E-state index contributed by atoms with van der Waals surface area (Å²) in [6.07, 6.45) is 5.08. The van der Waals surface area contributed by atoms with Crippen molar-refractivity contribution in [1.82, 2.24) is 10.2 Å². The number of nitrogens with zero attached hydrogens (tertiary/aromatic N) is 1. The lowest BCUT2D eigenvalue weighted by Crippen LogP contribution is -2.43. The fourth-order valence-electron chi connectivity index (χ4n) is 3.23. The Kier molecular flexibility index (Phi) is 5.40. The molecule has 1 aromatic rings. The van der Waals surface area contributed by atoms with Crippen LogP contribution in [0, 0.1) is 13.8 Å². The first-order valence-electron chi connectivity index (χ1n) is 8.00. The summed E-state index contributed by atoms with van der Waals surface area (Å²) in [7, 11) is 4.00. The molecule has 0 heterocycles. The van der Waals surface area contributed by atoms with E-state index in [0.717, 1.165) is 18.4 Å². The molecule has 1 aromatic carbocycles. The lowest BCUT2D eigenvalue weighted by Gasteiger charge is -2.34. The highest BCUT2D eigenvalue weighted by Gasteiger charge is 2.25. The van der Waals surface area contributed by atoms with Crippen LogP contribution in [0.25, 0.3) is 0 Å². The molecule has 1 amide bonds. The fraction of sp³-hybridized carbons (Fsp3) is 0.611. The van der Waals surface area contributed by atoms with E-state index in [1.54, 1.807) is 0 Å². The second-order valence-corrected chi connectivity index (χ2v) is 6.41. The van der Waals surface area contributed by atoms with Gasteiger partial charge in [0.05, 0.1) is 6.42 Å². The van der Waals surface area contributed by atoms with E-state index in [-0.39, 0.29) is 5.91 Å². The average molecular weight is 288 g/mol. The van der Waals surface area contributed by atoms with Crippen molar-refractivity contribution in [2.45, 2.75) is 58.0 Å². The van der Waals surface area contributed by atoms with Crippen molar-refractivity contribution in [3.8, 4) is 0 Å². The maximum atomic E-state index is 12.5. The van der Waals surface area contributed by atoms with E-state index in [1.165, 1.54) is 24.0 Å². The van der Waals surface area contributed by atoms with Gasteiger partial charge in [-0.15, -0.1) is 0 Å².